The van der Waals surface area contributed by atoms with Gasteiger partial charge >= 0.3 is 0 Å². The van der Waals surface area contributed by atoms with Crippen molar-refractivity contribution in [1.82, 2.24) is 4.90 Å². The highest BCUT2D eigenvalue weighted by molar-refractivity contribution is 7.21. The van der Waals surface area contributed by atoms with Crippen LogP contribution in [0.15, 0.2) is 18.2 Å². The van der Waals surface area contributed by atoms with Crippen LogP contribution in [-0.2, 0) is 0 Å². The Morgan fingerprint density at radius 2 is 2.10 bits per heavy atom. The summed E-state index contributed by atoms with van der Waals surface area (Å²) in [6.07, 6.45) is 0. The molecular formula is C16H20FNO2S. The van der Waals surface area contributed by atoms with E-state index in [1.807, 2.05) is 13.8 Å². The van der Waals surface area contributed by atoms with Crippen LogP contribution in [0, 0.1) is 12.7 Å². The lowest BCUT2D eigenvalue weighted by Crippen LogP contribution is -2.42. The Labute approximate surface area is 128 Å². The molecule has 0 atom stereocenters. The van der Waals surface area contributed by atoms with E-state index in [0.29, 0.717) is 11.4 Å². The maximum absolute atomic E-state index is 13.4. The highest BCUT2D eigenvalue weighted by Gasteiger charge is 2.25. The lowest BCUT2D eigenvalue weighted by atomic mass is 10.1. The molecule has 1 aromatic heterocycles. The highest BCUT2D eigenvalue weighted by Crippen LogP contribution is 2.32. The Kier molecular flexibility index (Phi) is 4.35. The van der Waals surface area contributed by atoms with Crippen LogP contribution < -0.4 is 0 Å². The third-order valence-corrected chi connectivity index (χ3v) is 4.60. The van der Waals surface area contributed by atoms with Crippen molar-refractivity contribution in [2.24, 2.45) is 0 Å². The molecule has 0 aliphatic heterocycles. The van der Waals surface area contributed by atoms with Crippen molar-refractivity contribution in [3.05, 3.63) is 34.5 Å². The smallest absolute Gasteiger partial charge is 0.264 e. The Morgan fingerprint density at radius 1 is 1.43 bits per heavy atom. The molecule has 0 saturated carbocycles. The largest absolute Gasteiger partial charge is 0.389 e. The van der Waals surface area contributed by atoms with E-state index >= 15 is 0 Å². The first-order chi connectivity index (χ1) is 9.73. The summed E-state index contributed by atoms with van der Waals surface area (Å²) in [5.74, 6) is -0.412. The number of benzene rings is 1. The van der Waals surface area contributed by atoms with Crippen LogP contribution in [0.3, 0.4) is 0 Å². The number of nitrogens with zero attached hydrogens (tertiary/aromatic N) is 1. The molecule has 0 aliphatic carbocycles. The summed E-state index contributed by atoms with van der Waals surface area (Å²) in [6.45, 7) is 7.86. The Morgan fingerprint density at radius 3 is 2.67 bits per heavy atom. The molecule has 0 saturated heterocycles. The molecule has 114 valence electrons. The number of amides is 1. The lowest BCUT2D eigenvalue weighted by Gasteiger charge is -2.28. The standard InChI is InChI=1S/C16H20FNO2S/c1-5-18(9-16(3,4)20)15(19)14-10(2)12-8-11(17)6-7-13(12)21-14/h6-8,20H,5,9H2,1-4H3. The van der Waals surface area contributed by atoms with Crippen LogP contribution in [-0.4, -0.2) is 34.6 Å². The predicted octanol–water partition coefficient (Wildman–Crippen LogP) is 3.58. The van der Waals surface area contributed by atoms with Gasteiger partial charge in [0.15, 0.2) is 0 Å². The van der Waals surface area contributed by atoms with Crippen LogP contribution in [0.1, 0.15) is 36.0 Å². The molecule has 2 aromatic rings. The Balaban J connectivity index is 2.40. The van der Waals surface area contributed by atoms with E-state index in [0.717, 1.165) is 15.6 Å². The summed E-state index contributed by atoms with van der Waals surface area (Å²) in [5.41, 5.74) is -0.142. The minimum atomic E-state index is -0.942. The van der Waals surface area contributed by atoms with E-state index in [-0.39, 0.29) is 18.3 Å². The number of hydrogen-bond acceptors (Lipinski definition) is 3. The molecule has 2 rings (SSSR count). The SMILES string of the molecule is CCN(CC(C)(C)O)C(=O)c1sc2ccc(F)cc2c1C. The summed E-state index contributed by atoms with van der Waals surface area (Å²) in [7, 11) is 0. The molecule has 0 spiro atoms. The van der Waals surface area contributed by atoms with E-state index in [1.165, 1.54) is 23.5 Å². The number of rotatable bonds is 4. The van der Waals surface area contributed by atoms with Crippen LogP contribution in [0.25, 0.3) is 10.1 Å². The number of halogens is 1. The number of hydrogen-bond donors (Lipinski definition) is 1. The summed E-state index contributed by atoms with van der Waals surface area (Å²) < 4.78 is 14.2. The lowest BCUT2D eigenvalue weighted by molar-refractivity contribution is 0.0317. The number of aliphatic hydroxyl groups is 1. The summed E-state index contributed by atoms with van der Waals surface area (Å²) in [4.78, 5) is 14.9. The second kappa shape index (κ2) is 5.73. The van der Waals surface area contributed by atoms with Gasteiger partial charge in [0, 0.05) is 17.8 Å². The van der Waals surface area contributed by atoms with Crippen LogP contribution in [0.4, 0.5) is 4.39 Å². The van der Waals surface area contributed by atoms with E-state index < -0.39 is 5.60 Å². The van der Waals surface area contributed by atoms with Gasteiger partial charge in [0.25, 0.3) is 5.91 Å². The fourth-order valence-corrected chi connectivity index (χ4v) is 3.49. The van der Waals surface area contributed by atoms with Gasteiger partial charge in [-0.25, -0.2) is 4.39 Å². The van der Waals surface area contributed by atoms with Crippen molar-refractivity contribution in [3.63, 3.8) is 0 Å². The Hall–Kier alpha value is -1.46. The predicted molar refractivity (Wildman–Crippen MR) is 84.4 cm³/mol. The Bertz CT molecular complexity index is 673. The van der Waals surface area contributed by atoms with E-state index in [9.17, 15) is 14.3 Å². The number of fused-ring (bicyclic) bond motifs is 1. The number of carbonyl (C=O) groups is 1. The number of carbonyl (C=O) groups excluding carboxylic acids is 1. The molecule has 0 bridgehead atoms. The average molecular weight is 309 g/mol. The van der Waals surface area contributed by atoms with Gasteiger partial charge in [-0.15, -0.1) is 11.3 Å². The van der Waals surface area contributed by atoms with Crippen molar-refractivity contribution in [3.8, 4) is 0 Å². The third kappa shape index (κ3) is 3.41. The molecule has 5 heteroatoms. The van der Waals surface area contributed by atoms with Crippen molar-refractivity contribution in [2.45, 2.75) is 33.3 Å². The summed E-state index contributed by atoms with van der Waals surface area (Å²) in [5, 5.41) is 10.7. The van der Waals surface area contributed by atoms with Crippen molar-refractivity contribution in [2.75, 3.05) is 13.1 Å². The molecular weight excluding hydrogens is 289 g/mol. The van der Waals surface area contributed by atoms with Gasteiger partial charge < -0.3 is 10.0 Å². The fraction of sp³-hybridized carbons (Fsp3) is 0.438. The van der Waals surface area contributed by atoms with Gasteiger partial charge in [0.2, 0.25) is 0 Å². The van der Waals surface area contributed by atoms with Gasteiger partial charge in [-0.3, -0.25) is 4.79 Å². The zero-order valence-electron chi connectivity index (χ0n) is 12.7. The van der Waals surface area contributed by atoms with Gasteiger partial charge in [-0.05, 0) is 56.8 Å². The quantitative estimate of drug-likeness (QED) is 0.938. The zero-order valence-corrected chi connectivity index (χ0v) is 13.6. The minimum Gasteiger partial charge on any atom is -0.389 e. The molecule has 1 heterocycles. The zero-order chi connectivity index (χ0) is 15.8. The number of likely N-dealkylation sites (N-methyl/N-ethyl adjacent to an activating group) is 1. The first-order valence-electron chi connectivity index (χ1n) is 6.93. The van der Waals surface area contributed by atoms with Gasteiger partial charge in [-0.2, -0.15) is 0 Å². The molecule has 1 aromatic carbocycles. The third-order valence-electron chi connectivity index (χ3n) is 3.34. The van der Waals surface area contributed by atoms with Gasteiger partial charge in [0.1, 0.15) is 5.82 Å². The van der Waals surface area contributed by atoms with Gasteiger partial charge in [-0.1, -0.05) is 0 Å². The maximum Gasteiger partial charge on any atom is 0.264 e. The molecule has 0 fully saturated rings. The molecule has 21 heavy (non-hydrogen) atoms. The number of thiophene rings is 1. The van der Waals surface area contributed by atoms with Gasteiger partial charge in [0.05, 0.1) is 10.5 Å². The van der Waals surface area contributed by atoms with Crippen molar-refractivity contribution >= 4 is 27.3 Å². The van der Waals surface area contributed by atoms with E-state index in [2.05, 4.69) is 0 Å². The molecule has 1 amide bonds. The maximum atomic E-state index is 13.4. The molecule has 0 radical (unpaired) electrons. The van der Waals surface area contributed by atoms with E-state index in [4.69, 9.17) is 0 Å². The van der Waals surface area contributed by atoms with E-state index in [1.54, 1.807) is 24.8 Å². The first kappa shape index (κ1) is 15.9. The average Bonchev–Trinajstić information content (AvgIpc) is 2.71. The molecule has 3 nitrogen and oxygen atoms in total. The second-order valence-electron chi connectivity index (χ2n) is 5.83. The highest BCUT2D eigenvalue weighted by atomic mass is 32.1. The molecule has 1 N–H and O–H groups in total. The minimum absolute atomic E-state index is 0.112. The first-order valence-corrected chi connectivity index (χ1v) is 7.75. The monoisotopic (exact) mass is 309 g/mol. The second-order valence-corrected chi connectivity index (χ2v) is 6.88. The van der Waals surface area contributed by atoms with Crippen molar-refractivity contribution < 1.29 is 14.3 Å². The van der Waals surface area contributed by atoms with Crippen molar-refractivity contribution in [1.29, 1.82) is 0 Å². The number of aryl methyl sites for hydroxylation is 1. The topological polar surface area (TPSA) is 40.5 Å². The summed E-state index contributed by atoms with van der Waals surface area (Å²) >= 11 is 1.37. The fourth-order valence-electron chi connectivity index (χ4n) is 2.34. The molecule has 0 aliphatic rings. The molecule has 0 unspecified atom stereocenters. The van der Waals surface area contributed by atoms with Crippen LogP contribution >= 0.6 is 11.3 Å². The summed E-state index contributed by atoms with van der Waals surface area (Å²) in [6, 6.07) is 4.57. The van der Waals surface area contributed by atoms with Crippen LogP contribution in [0.5, 0.6) is 0 Å². The normalized spacial score (nSPS) is 11.9. The van der Waals surface area contributed by atoms with Crippen LogP contribution in [0.2, 0.25) is 0 Å².